The summed E-state index contributed by atoms with van der Waals surface area (Å²) in [6, 6.07) is 0. The van der Waals surface area contributed by atoms with Gasteiger partial charge >= 0.3 is 0 Å². The van der Waals surface area contributed by atoms with Gasteiger partial charge in [0, 0.05) is 0 Å². The summed E-state index contributed by atoms with van der Waals surface area (Å²) in [4.78, 5) is 0. The molecular formula is C10H18O2. The minimum Gasteiger partial charge on any atom is -0.394 e. The lowest BCUT2D eigenvalue weighted by Gasteiger charge is -2.17. The van der Waals surface area contributed by atoms with Gasteiger partial charge in [0.2, 0.25) is 0 Å². The Morgan fingerprint density at radius 1 is 1.25 bits per heavy atom. The van der Waals surface area contributed by atoms with E-state index in [1.807, 2.05) is 0 Å². The Hall–Kier alpha value is -0.340. The zero-order chi connectivity index (χ0) is 8.65. The number of rotatable bonds is 3. The Bertz CT molecular complexity index is 132. The summed E-state index contributed by atoms with van der Waals surface area (Å²) in [7, 11) is 0. The maximum atomic E-state index is 8.58. The van der Waals surface area contributed by atoms with E-state index in [4.69, 9.17) is 9.84 Å². The molecule has 0 unspecified atom stereocenters. The summed E-state index contributed by atoms with van der Waals surface area (Å²) >= 11 is 0. The summed E-state index contributed by atoms with van der Waals surface area (Å²) in [5.74, 6) is 0. The van der Waals surface area contributed by atoms with Gasteiger partial charge in [0.25, 0.3) is 0 Å². The first kappa shape index (κ1) is 9.75. The number of ether oxygens (including phenoxy) is 1. The van der Waals surface area contributed by atoms with Crippen molar-refractivity contribution in [1.29, 1.82) is 0 Å². The molecule has 0 radical (unpaired) electrons. The Labute approximate surface area is 74.2 Å². The molecule has 2 nitrogen and oxygen atoms in total. The molecule has 1 rings (SSSR count). The number of aliphatic hydroxyl groups is 1. The molecule has 0 spiro atoms. The van der Waals surface area contributed by atoms with Gasteiger partial charge < -0.3 is 9.84 Å². The second-order valence-electron chi connectivity index (χ2n) is 3.20. The van der Waals surface area contributed by atoms with Crippen LogP contribution in [0.1, 0.15) is 32.1 Å². The van der Waals surface area contributed by atoms with Crippen molar-refractivity contribution in [3.8, 4) is 0 Å². The van der Waals surface area contributed by atoms with Gasteiger partial charge in [-0.25, -0.2) is 0 Å². The van der Waals surface area contributed by atoms with Crippen LogP contribution in [-0.4, -0.2) is 24.4 Å². The van der Waals surface area contributed by atoms with E-state index in [0.29, 0.717) is 12.7 Å². The highest BCUT2D eigenvalue weighted by Crippen LogP contribution is 2.14. The monoisotopic (exact) mass is 170 g/mol. The van der Waals surface area contributed by atoms with Gasteiger partial charge in [-0.15, -0.1) is 0 Å². The van der Waals surface area contributed by atoms with Gasteiger partial charge in [0.1, 0.15) is 0 Å². The minimum absolute atomic E-state index is 0.145. The molecule has 1 aliphatic rings. The van der Waals surface area contributed by atoms with E-state index in [-0.39, 0.29) is 6.61 Å². The topological polar surface area (TPSA) is 29.5 Å². The first-order valence-electron chi connectivity index (χ1n) is 4.81. The Kier molecular flexibility index (Phi) is 5.04. The predicted molar refractivity (Wildman–Crippen MR) is 49.1 cm³/mol. The van der Waals surface area contributed by atoms with Crippen LogP contribution in [0.4, 0.5) is 0 Å². The maximum Gasteiger partial charge on any atom is 0.0701 e. The van der Waals surface area contributed by atoms with Crippen LogP contribution in [0.15, 0.2) is 12.2 Å². The number of hydrogen-bond acceptors (Lipinski definition) is 2. The highest BCUT2D eigenvalue weighted by molar-refractivity contribution is 4.85. The first-order chi connectivity index (χ1) is 5.93. The molecule has 0 aromatic rings. The molecule has 0 heterocycles. The van der Waals surface area contributed by atoms with Gasteiger partial charge in [0.05, 0.1) is 19.3 Å². The molecule has 0 bridgehead atoms. The fourth-order valence-corrected chi connectivity index (χ4v) is 1.51. The molecule has 70 valence electrons. The minimum atomic E-state index is 0.145. The van der Waals surface area contributed by atoms with Crippen molar-refractivity contribution in [2.45, 2.75) is 38.2 Å². The van der Waals surface area contributed by atoms with Crippen molar-refractivity contribution < 1.29 is 9.84 Å². The van der Waals surface area contributed by atoms with Crippen molar-refractivity contribution in [1.82, 2.24) is 0 Å². The fourth-order valence-electron chi connectivity index (χ4n) is 1.51. The lowest BCUT2D eigenvalue weighted by Crippen LogP contribution is -2.15. The second-order valence-corrected chi connectivity index (χ2v) is 3.20. The average Bonchev–Trinajstić information content (AvgIpc) is 2.02. The maximum absolute atomic E-state index is 8.58. The second kappa shape index (κ2) is 6.21. The predicted octanol–water partition coefficient (Wildman–Crippen LogP) is 1.88. The Morgan fingerprint density at radius 3 is 2.92 bits per heavy atom. The first-order valence-corrected chi connectivity index (χ1v) is 4.81. The summed E-state index contributed by atoms with van der Waals surface area (Å²) in [6.45, 7) is 0.640. The standard InChI is InChI=1S/C10H18O2/c11-8-9-12-10-6-4-2-1-3-5-7-10/h1-2,10-11H,3-9H2/t10-/m0/s1. The fraction of sp³-hybridized carbons (Fsp3) is 0.800. The van der Waals surface area contributed by atoms with E-state index in [9.17, 15) is 0 Å². The third-order valence-electron chi connectivity index (χ3n) is 2.16. The number of hydrogen-bond donors (Lipinski definition) is 1. The van der Waals surface area contributed by atoms with E-state index in [0.717, 1.165) is 19.3 Å². The van der Waals surface area contributed by atoms with E-state index in [2.05, 4.69) is 12.2 Å². The third kappa shape index (κ3) is 3.88. The normalized spacial score (nSPS) is 24.9. The molecule has 0 saturated heterocycles. The van der Waals surface area contributed by atoms with Crippen molar-refractivity contribution in [3.05, 3.63) is 12.2 Å². The number of aliphatic hydroxyl groups excluding tert-OH is 1. The van der Waals surface area contributed by atoms with Crippen LogP contribution in [0.2, 0.25) is 0 Å². The van der Waals surface area contributed by atoms with Gasteiger partial charge in [-0.3, -0.25) is 0 Å². The van der Waals surface area contributed by atoms with Crippen molar-refractivity contribution in [2.24, 2.45) is 0 Å². The van der Waals surface area contributed by atoms with E-state index in [1.54, 1.807) is 0 Å². The van der Waals surface area contributed by atoms with Crippen LogP contribution in [0.3, 0.4) is 0 Å². The molecule has 1 N–H and O–H groups in total. The molecule has 1 atom stereocenters. The number of allylic oxidation sites excluding steroid dienone is 2. The molecule has 0 saturated carbocycles. The van der Waals surface area contributed by atoms with Gasteiger partial charge in [0.15, 0.2) is 0 Å². The lowest BCUT2D eigenvalue weighted by molar-refractivity contribution is 0.0186. The van der Waals surface area contributed by atoms with Crippen LogP contribution in [0.25, 0.3) is 0 Å². The highest BCUT2D eigenvalue weighted by atomic mass is 16.5. The SMILES string of the molecule is OCCO[C@H]1CCC=CCCC1. The van der Waals surface area contributed by atoms with E-state index < -0.39 is 0 Å². The molecule has 0 aliphatic heterocycles. The van der Waals surface area contributed by atoms with Gasteiger partial charge in [-0.05, 0) is 32.1 Å². The molecule has 0 fully saturated rings. The van der Waals surface area contributed by atoms with Crippen molar-refractivity contribution >= 4 is 0 Å². The Balaban J connectivity index is 2.18. The van der Waals surface area contributed by atoms with Gasteiger partial charge in [-0.1, -0.05) is 12.2 Å². The zero-order valence-electron chi connectivity index (χ0n) is 7.54. The van der Waals surface area contributed by atoms with E-state index in [1.165, 1.54) is 12.8 Å². The van der Waals surface area contributed by atoms with Crippen LogP contribution in [-0.2, 0) is 4.74 Å². The molecule has 0 amide bonds. The lowest BCUT2D eigenvalue weighted by atomic mass is 10.0. The largest absolute Gasteiger partial charge is 0.394 e. The molecule has 1 aliphatic carbocycles. The molecular weight excluding hydrogens is 152 g/mol. The quantitative estimate of drug-likeness (QED) is 0.655. The highest BCUT2D eigenvalue weighted by Gasteiger charge is 2.08. The molecule has 0 aromatic carbocycles. The van der Waals surface area contributed by atoms with E-state index >= 15 is 0 Å². The van der Waals surface area contributed by atoms with Crippen LogP contribution in [0, 0.1) is 0 Å². The van der Waals surface area contributed by atoms with Crippen LogP contribution in [0.5, 0.6) is 0 Å². The summed E-state index contributed by atoms with van der Waals surface area (Å²) in [6.07, 6.45) is 10.6. The third-order valence-corrected chi connectivity index (χ3v) is 2.16. The summed E-state index contributed by atoms with van der Waals surface area (Å²) in [5.41, 5.74) is 0. The summed E-state index contributed by atoms with van der Waals surface area (Å²) in [5, 5.41) is 8.58. The molecule has 12 heavy (non-hydrogen) atoms. The molecule has 0 aromatic heterocycles. The summed E-state index contributed by atoms with van der Waals surface area (Å²) < 4.78 is 5.48. The Morgan fingerprint density at radius 2 is 2.08 bits per heavy atom. The van der Waals surface area contributed by atoms with Crippen molar-refractivity contribution in [2.75, 3.05) is 13.2 Å². The van der Waals surface area contributed by atoms with Gasteiger partial charge in [-0.2, -0.15) is 0 Å². The van der Waals surface area contributed by atoms with Crippen LogP contribution < -0.4 is 0 Å². The van der Waals surface area contributed by atoms with Crippen molar-refractivity contribution in [3.63, 3.8) is 0 Å². The zero-order valence-corrected chi connectivity index (χ0v) is 7.54. The smallest absolute Gasteiger partial charge is 0.0701 e. The van der Waals surface area contributed by atoms with Crippen LogP contribution >= 0.6 is 0 Å². The molecule has 2 heteroatoms. The average molecular weight is 170 g/mol.